The van der Waals surface area contributed by atoms with E-state index >= 15 is 0 Å². The first-order valence-corrected chi connectivity index (χ1v) is 8.37. The molecule has 0 spiro atoms. The van der Waals surface area contributed by atoms with Gasteiger partial charge in [-0.25, -0.2) is 0 Å². The smallest absolute Gasteiger partial charge is 0.227 e. The fourth-order valence-electron chi connectivity index (χ4n) is 2.41. The first-order valence-electron chi connectivity index (χ1n) is 8.37. The molecule has 6 heteroatoms. The summed E-state index contributed by atoms with van der Waals surface area (Å²) in [4.78, 5) is 28.1. The van der Waals surface area contributed by atoms with Gasteiger partial charge in [-0.05, 0) is 41.9 Å². The zero-order valence-electron chi connectivity index (χ0n) is 16.2. The number of carbonyl (C=O) groups is 2. The number of amides is 2. The number of rotatable bonds is 10. The highest BCUT2D eigenvalue weighted by Gasteiger charge is 2.29. The maximum absolute atomic E-state index is 12.4. The molecule has 0 radical (unpaired) electrons. The van der Waals surface area contributed by atoms with Gasteiger partial charge in [0.1, 0.15) is 0 Å². The van der Waals surface area contributed by atoms with Crippen molar-refractivity contribution in [3.8, 4) is 0 Å². The molecule has 0 heterocycles. The maximum Gasteiger partial charge on any atom is 0.227 e. The van der Waals surface area contributed by atoms with Gasteiger partial charge < -0.3 is 20.4 Å². The molecule has 0 aromatic heterocycles. The molecule has 0 saturated heterocycles. The van der Waals surface area contributed by atoms with Gasteiger partial charge in [0, 0.05) is 38.1 Å². The molecule has 0 aliphatic rings. The highest BCUT2D eigenvalue weighted by atomic mass is 16.2. The summed E-state index contributed by atoms with van der Waals surface area (Å²) in [5, 5.41) is 5.96. The molecule has 1 unspecified atom stereocenters. The Kier molecular flexibility index (Phi) is 9.39. The number of nitrogens with one attached hydrogen (secondary N) is 2. The van der Waals surface area contributed by atoms with Crippen molar-refractivity contribution in [2.24, 2.45) is 11.3 Å². The Morgan fingerprint density at radius 2 is 1.65 bits per heavy atom. The van der Waals surface area contributed by atoms with Crippen LogP contribution in [-0.4, -0.2) is 75.0 Å². The van der Waals surface area contributed by atoms with Crippen LogP contribution in [0, 0.1) is 11.3 Å². The van der Waals surface area contributed by atoms with Crippen LogP contribution < -0.4 is 10.6 Å². The van der Waals surface area contributed by atoms with E-state index < -0.39 is 5.41 Å². The lowest BCUT2D eigenvalue weighted by molar-refractivity contribution is -0.131. The predicted molar refractivity (Wildman–Crippen MR) is 95.3 cm³/mol. The Balaban J connectivity index is 4.27. The van der Waals surface area contributed by atoms with Gasteiger partial charge in [-0.15, -0.1) is 0 Å². The molecule has 0 aromatic carbocycles. The Bertz CT molecular complexity index is 381. The standard InChI is InChI=1S/C17H36N4O2/c1-13(2)15(22)18-9-10-21(8)12-17(4,5)16(23)19-14(3)11-20(6)7/h13-14H,9-12H2,1-8H3,(H,18,22)(H,19,23). The zero-order valence-corrected chi connectivity index (χ0v) is 16.2. The van der Waals surface area contributed by atoms with Crippen molar-refractivity contribution < 1.29 is 9.59 Å². The van der Waals surface area contributed by atoms with Crippen molar-refractivity contribution in [1.82, 2.24) is 20.4 Å². The molecule has 6 nitrogen and oxygen atoms in total. The molecule has 1 atom stereocenters. The van der Waals surface area contributed by atoms with Gasteiger partial charge >= 0.3 is 0 Å². The van der Waals surface area contributed by atoms with Gasteiger partial charge in [-0.3, -0.25) is 9.59 Å². The summed E-state index contributed by atoms with van der Waals surface area (Å²) in [5.41, 5.74) is -0.475. The van der Waals surface area contributed by atoms with Gasteiger partial charge in [0.2, 0.25) is 11.8 Å². The minimum absolute atomic E-state index is 0.000657. The van der Waals surface area contributed by atoms with Crippen LogP contribution in [0.1, 0.15) is 34.6 Å². The topological polar surface area (TPSA) is 64.7 Å². The molecule has 0 aliphatic heterocycles. The van der Waals surface area contributed by atoms with Crippen molar-refractivity contribution in [3.63, 3.8) is 0 Å². The second-order valence-electron chi connectivity index (χ2n) is 7.70. The Morgan fingerprint density at radius 1 is 1.09 bits per heavy atom. The summed E-state index contributed by atoms with van der Waals surface area (Å²) in [5.74, 6) is 0.124. The van der Waals surface area contributed by atoms with Gasteiger partial charge in [0.15, 0.2) is 0 Å². The molecular weight excluding hydrogens is 292 g/mol. The second-order valence-corrected chi connectivity index (χ2v) is 7.70. The van der Waals surface area contributed by atoms with Gasteiger partial charge in [-0.2, -0.15) is 0 Å². The summed E-state index contributed by atoms with van der Waals surface area (Å²) in [6.45, 7) is 12.5. The van der Waals surface area contributed by atoms with Gasteiger partial charge in [0.25, 0.3) is 0 Å². The largest absolute Gasteiger partial charge is 0.355 e. The van der Waals surface area contributed by atoms with Crippen LogP contribution in [0.15, 0.2) is 0 Å². The summed E-state index contributed by atoms with van der Waals surface area (Å²) in [6.07, 6.45) is 0. The van der Waals surface area contributed by atoms with E-state index in [4.69, 9.17) is 0 Å². The molecule has 0 fully saturated rings. The quantitative estimate of drug-likeness (QED) is 0.622. The molecular formula is C17H36N4O2. The summed E-state index contributed by atoms with van der Waals surface area (Å²) >= 11 is 0. The molecule has 0 aromatic rings. The summed E-state index contributed by atoms with van der Waals surface area (Å²) in [6, 6.07) is 0.118. The van der Waals surface area contributed by atoms with E-state index in [9.17, 15) is 9.59 Å². The highest BCUT2D eigenvalue weighted by Crippen LogP contribution is 2.16. The van der Waals surface area contributed by atoms with Crippen molar-refractivity contribution in [1.29, 1.82) is 0 Å². The van der Waals surface area contributed by atoms with Crippen molar-refractivity contribution in [2.75, 3.05) is 47.3 Å². The average molecular weight is 329 g/mol. The first-order chi connectivity index (χ1) is 10.5. The molecule has 0 aliphatic carbocycles. The van der Waals surface area contributed by atoms with Crippen molar-refractivity contribution >= 4 is 11.8 Å². The summed E-state index contributed by atoms with van der Waals surface area (Å²) in [7, 11) is 5.96. The van der Waals surface area contributed by atoms with Crippen LogP contribution in [0.25, 0.3) is 0 Å². The Hall–Kier alpha value is -1.14. The molecule has 0 saturated carbocycles. The number of carbonyl (C=O) groups excluding carboxylic acids is 2. The van der Waals surface area contributed by atoms with E-state index in [1.54, 1.807) is 0 Å². The lowest BCUT2D eigenvalue weighted by Gasteiger charge is -2.31. The fourth-order valence-corrected chi connectivity index (χ4v) is 2.41. The van der Waals surface area contributed by atoms with Crippen LogP contribution in [0.3, 0.4) is 0 Å². The van der Waals surface area contributed by atoms with E-state index in [1.165, 1.54) is 0 Å². The Morgan fingerprint density at radius 3 is 2.13 bits per heavy atom. The molecule has 136 valence electrons. The minimum Gasteiger partial charge on any atom is -0.355 e. The molecule has 2 amide bonds. The second kappa shape index (κ2) is 9.88. The number of nitrogens with zero attached hydrogens (tertiary/aromatic N) is 2. The van der Waals surface area contributed by atoms with E-state index in [2.05, 4.69) is 20.4 Å². The third-order valence-electron chi connectivity index (χ3n) is 3.61. The lowest BCUT2D eigenvalue weighted by atomic mass is 9.91. The van der Waals surface area contributed by atoms with Crippen molar-refractivity contribution in [3.05, 3.63) is 0 Å². The maximum atomic E-state index is 12.4. The normalized spacial score (nSPS) is 13.5. The van der Waals surface area contributed by atoms with Crippen molar-refractivity contribution in [2.45, 2.75) is 40.7 Å². The van der Waals surface area contributed by atoms with E-state index in [0.717, 1.165) is 13.1 Å². The first kappa shape index (κ1) is 21.9. The van der Waals surface area contributed by atoms with Crippen LogP contribution in [0.5, 0.6) is 0 Å². The third kappa shape index (κ3) is 9.56. The monoisotopic (exact) mass is 328 g/mol. The lowest BCUT2D eigenvalue weighted by Crippen LogP contribution is -2.49. The average Bonchev–Trinajstić information content (AvgIpc) is 2.36. The van der Waals surface area contributed by atoms with Crippen LogP contribution in [0.2, 0.25) is 0 Å². The van der Waals surface area contributed by atoms with E-state index in [0.29, 0.717) is 13.1 Å². The number of likely N-dealkylation sites (N-methyl/N-ethyl adjacent to an activating group) is 2. The highest BCUT2D eigenvalue weighted by molar-refractivity contribution is 5.82. The zero-order chi connectivity index (χ0) is 18.2. The SMILES string of the molecule is CC(CN(C)C)NC(=O)C(C)(C)CN(C)CCNC(=O)C(C)C. The minimum atomic E-state index is -0.475. The molecule has 0 bridgehead atoms. The predicted octanol–water partition coefficient (Wildman–Crippen LogP) is 0.783. The van der Waals surface area contributed by atoms with Crippen LogP contribution >= 0.6 is 0 Å². The molecule has 2 N–H and O–H groups in total. The molecule has 23 heavy (non-hydrogen) atoms. The van der Waals surface area contributed by atoms with Crippen LogP contribution in [-0.2, 0) is 9.59 Å². The summed E-state index contributed by atoms with van der Waals surface area (Å²) < 4.78 is 0. The van der Waals surface area contributed by atoms with E-state index in [1.807, 2.05) is 55.8 Å². The van der Waals surface area contributed by atoms with Gasteiger partial charge in [-0.1, -0.05) is 13.8 Å². The molecule has 0 rings (SSSR count). The third-order valence-corrected chi connectivity index (χ3v) is 3.61. The number of hydrogen-bond donors (Lipinski definition) is 2. The van der Waals surface area contributed by atoms with E-state index in [-0.39, 0.29) is 23.8 Å². The van der Waals surface area contributed by atoms with Crippen LogP contribution in [0.4, 0.5) is 0 Å². The van der Waals surface area contributed by atoms with Gasteiger partial charge in [0.05, 0.1) is 5.41 Å². The fraction of sp³-hybridized carbons (Fsp3) is 0.882. The Labute approximate surface area is 142 Å². The number of hydrogen-bond acceptors (Lipinski definition) is 4.